The maximum absolute atomic E-state index is 14.9. The second-order valence-electron chi connectivity index (χ2n) is 18.2. The van der Waals surface area contributed by atoms with Gasteiger partial charge in [0.15, 0.2) is 5.13 Å². The highest BCUT2D eigenvalue weighted by molar-refractivity contribution is 7.59. The number of para-hydroxylation sites is 1. The standard InChI is InChI=1S/C45H56N7O10PS/c1-8-28-22-45(28,63(58,59)24-27-13-9-12-16-36(27)52(56)57)50-40(53)37-20-31(23-51(37)41(54)39(44(4,5)6)49-43(55)62-29-14-10-11-15-29)61-38-21-34(35-25-64-42(48-35)46-26(2)3)47-33-19-30(60-7)17-18-32(33)38/h8-9,12-13,16-19,21,25-26,28-29,31,37,39H,1,10-11,14-15,20,22-24H2,2-7H3,(H,46,48)(H,49,55)(H,50,53)(H,58,59)/t28-,31-,37+,39-,45+/m1/s1. The van der Waals surface area contributed by atoms with Crippen LogP contribution >= 0.6 is 18.7 Å². The molecule has 4 N–H and O–H groups in total. The summed E-state index contributed by atoms with van der Waals surface area (Å²) in [5.41, 5.74) is 0.552. The smallest absolute Gasteiger partial charge is 0.408 e. The molecule has 0 radical (unpaired) electrons. The minimum Gasteiger partial charge on any atom is -0.497 e. The number of pyridine rings is 1. The van der Waals surface area contributed by atoms with E-state index in [0.717, 1.165) is 30.8 Å². The van der Waals surface area contributed by atoms with E-state index in [-0.39, 0.29) is 42.8 Å². The molecule has 3 fully saturated rings. The van der Waals surface area contributed by atoms with E-state index in [0.29, 0.717) is 33.8 Å². The molecule has 342 valence electrons. The van der Waals surface area contributed by atoms with Crippen molar-refractivity contribution in [2.24, 2.45) is 11.3 Å². The van der Waals surface area contributed by atoms with E-state index < -0.39 is 71.2 Å². The molecule has 2 aromatic carbocycles. The van der Waals surface area contributed by atoms with Crippen molar-refractivity contribution in [2.75, 3.05) is 19.0 Å². The lowest BCUT2D eigenvalue weighted by Crippen LogP contribution is -2.58. The number of nitro groups is 1. The fourth-order valence-electron chi connectivity index (χ4n) is 8.59. The lowest BCUT2D eigenvalue weighted by Gasteiger charge is -2.36. The number of benzene rings is 2. The van der Waals surface area contributed by atoms with Crippen LogP contribution in [0.15, 0.2) is 66.6 Å². The van der Waals surface area contributed by atoms with Gasteiger partial charge in [0.25, 0.3) is 5.69 Å². The molecule has 2 saturated carbocycles. The van der Waals surface area contributed by atoms with E-state index in [1.807, 2.05) is 25.3 Å². The van der Waals surface area contributed by atoms with E-state index in [2.05, 4.69) is 22.5 Å². The van der Waals surface area contributed by atoms with Gasteiger partial charge in [-0.25, -0.2) is 14.8 Å². The van der Waals surface area contributed by atoms with Gasteiger partial charge in [-0.3, -0.25) is 24.3 Å². The van der Waals surface area contributed by atoms with Gasteiger partial charge in [0.05, 0.1) is 36.0 Å². The zero-order valence-corrected chi connectivity index (χ0v) is 38.6. The molecule has 3 heterocycles. The number of fused-ring (bicyclic) bond motifs is 1. The van der Waals surface area contributed by atoms with Crippen LogP contribution in [0.25, 0.3) is 22.3 Å². The number of anilines is 1. The number of methoxy groups -OCH3 is 1. The van der Waals surface area contributed by atoms with Gasteiger partial charge in [0.1, 0.15) is 46.8 Å². The van der Waals surface area contributed by atoms with Gasteiger partial charge in [-0.1, -0.05) is 45.0 Å². The van der Waals surface area contributed by atoms with Crippen molar-refractivity contribution in [2.45, 2.75) is 115 Å². The second kappa shape index (κ2) is 18.5. The number of ether oxygens (including phenoxy) is 3. The van der Waals surface area contributed by atoms with E-state index >= 15 is 0 Å². The molecule has 2 aromatic heterocycles. The number of nitrogens with one attached hydrogen (secondary N) is 3. The summed E-state index contributed by atoms with van der Waals surface area (Å²) < 4.78 is 32.4. The molecule has 4 aromatic rings. The first-order chi connectivity index (χ1) is 30.3. The Morgan fingerprint density at radius 3 is 2.50 bits per heavy atom. The molecule has 64 heavy (non-hydrogen) atoms. The third-order valence-electron chi connectivity index (χ3n) is 12.1. The number of hydrogen-bond acceptors (Lipinski definition) is 13. The molecule has 6 atom stereocenters. The molecule has 7 rings (SSSR count). The summed E-state index contributed by atoms with van der Waals surface area (Å²) in [5, 5.41) is 22.4. The first-order valence-corrected chi connectivity index (χ1v) is 24.2. The van der Waals surface area contributed by atoms with Gasteiger partial charge < -0.3 is 40.0 Å². The molecule has 0 bridgehead atoms. The maximum Gasteiger partial charge on any atom is 0.408 e. The van der Waals surface area contributed by atoms with Crippen molar-refractivity contribution < 1.29 is 43.0 Å². The van der Waals surface area contributed by atoms with Crippen LogP contribution in [0.2, 0.25) is 0 Å². The van der Waals surface area contributed by atoms with Crippen molar-refractivity contribution in [3.8, 4) is 22.9 Å². The van der Waals surface area contributed by atoms with Crippen LogP contribution in [0.3, 0.4) is 0 Å². The van der Waals surface area contributed by atoms with E-state index in [9.17, 15) is 34.0 Å². The summed E-state index contributed by atoms with van der Waals surface area (Å²) in [5.74, 6) is -0.952. The third kappa shape index (κ3) is 9.88. The maximum atomic E-state index is 14.9. The van der Waals surface area contributed by atoms with Crippen LogP contribution in [0.4, 0.5) is 15.6 Å². The van der Waals surface area contributed by atoms with E-state index in [1.54, 1.807) is 52.1 Å². The molecule has 1 aliphatic heterocycles. The normalized spacial score (nSPS) is 22.4. The highest BCUT2D eigenvalue weighted by Crippen LogP contribution is 2.71. The third-order valence-corrected chi connectivity index (χ3v) is 15.5. The van der Waals surface area contributed by atoms with Crippen LogP contribution < -0.4 is 25.4 Å². The number of hydrogen-bond donors (Lipinski definition) is 4. The van der Waals surface area contributed by atoms with Crippen molar-refractivity contribution >= 4 is 58.3 Å². The number of likely N-dealkylation sites (tertiary alicyclic amines) is 1. The number of aromatic nitrogens is 2. The quantitative estimate of drug-likeness (QED) is 0.0362. The van der Waals surface area contributed by atoms with Crippen molar-refractivity contribution in [3.63, 3.8) is 0 Å². The van der Waals surface area contributed by atoms with Gasteiger partial charge in [0, 0.05) is 52.9 Å². The number of carbonyl (C=O) groups is 3. The Bertz CT molecular complexity index is 2490. The first-order valence-electron chi connectivity index (χ1n) is 21.5. The first kappa shape index (κ1) is 46.4. The summed E-state index contributed by atoms with van der Waals surface area (Å²) in [6, 6.07) is 10.6. The van der Waals surface area contributed by atoms with Crippen LogP contribution in [0, 0.1) is 21.4 Å². The predicted molar refractivity (Wildman–Crippen MR) is 244 cm³/mol. The monoisotopic (exact) mass is 917 g/mol. The van der Waals surface area contributed by atoms with Crippen molar-refractivity contribution in [3.05, 3.63) is 82.2 Å². The molecule has 19 heteroatoms. The summed E-state index contributed by atoms with van der Waals surface area (Å²) >= 11 is 1.43. The minimum absolute atomic E-state index is 0.0376. The minimum atomic E-state index is -4.45. The summed E-state index contributed by atoms with van der Waals surface area (Å²) in [7, 11) is -2.89. The Hall–Kier alpha value is -5.58. The number of amides is 3. The zero-order valence-electron chi connectivity index (χ0n) is 36.9. The van der Waals surface area contributed by atoms with E-state index in [4.69, 9.17) is 24.2 Å². The van der Waals surface area contributed by atoms with Crippen LogP contribution in [-0.4, -0.2) is 91.9 Å². The fourth-order valence-corrected chi connectivity index (χ4v) is 11.8. The Morgan fingerprint density at radius 2 is 1.84 bits per heavy atom. The van der Waals surface area contributed by atoms with Crippen LogP contribution in [0.1, 0.15) is 78.7 Å². The molecule has 2 aliphatic carbocycles. The molecule has 0 spiro atoms. The SMILES string of the molecule is C=C[C@@H]1C[C@]1(NC(=O)[C@@H]1C[C@@H](Oc2cc(-c3csc(NC(C)C)n3)nc3cc(OC)ccc23)CN1C(=O)[C@@H](NC(=O)OC1CCCC1)C(C)(C)C)P(=O)(O)Cc1ccccc1[N+](=O)[O-]. The Kier molecular flexibility index (Phi) is 13.4. The number of nitrogens with zero attached hydrogens (tertiary/aromatic N) is 4. The predicted octanol–water partition coefficient (Wildman–Crippen LogP) is 8.02. The number of nitro benzene ring substituents is 1. The average Bonchev–Trinajstić information content (AvgIpc) is 3.63. The molecule has 3 aliphatic rings. The zero-order chi connectivity index (χ0) is 46.1. The molecule has 17 nitrogen and oxygen atoms in total. The van der Waals surface area contributed by atoms with Crippen molar-refractivity contribution in [1.82, 2.24) is 25.5 Å². The Labute approximate surface area is 376 Å². The lowest BCUT2D eigenvalue weighted by molar-refractivity contribution is -0.385. The number of carbonyl (C=O) groups excluding carboxylic acids is 3. The summed E-state index contributed by atoms with van der Waals surface area (Å²) in [4.78, 5) is 77.0. The highest BCUT2D eigenvalue weighted by Gasteiger charge is 2.66. The van der Waals surface area contributed by atoms with Gasteiger partial charge in [-0.2, -0.15) is 0 Å². The number of alkyl carbamates (subject to hydrolysis) is 1. The van der Waals surface area contributed by atoms with Gasteiger partial charge in [-0.05, 0) is 63.5 Å². The lowest BCUT2D eigenvalue weighted by atomic mass is 9.85. The largest absolute Gasteiger partial charge is 0.497 e. The molecular weight excluding hydrogens is 862 g/mol. The van der Waals surface area contributed by atoms with E-state index in [1.165, 1.54) is 40.5 Å². The fraction of sp³-hybridized carbons (Fsp3) is 0.489. The molecule has 1 unspecified atom stereocenters. The molecule has 1 saturated heterocycles. The Morgan fingerprint density at radius 1 is 1.11 bits per heavy atom. The average molecular weight is 918 g/mol. The number of thiazole rings is 1. The number of rotatable bonds is 16. The highest BCUT2D eigenvalue weighted by atomic mass is 32.1. The van der Waals surface area contributed by atoms with Crippen LogP contribution in [0.5, 0.6) is 11.5 Å². The molecule has 3 amide bonds. The topological polar surface area (TPSA) is 224 Å². The Balaban J connectivity index is 1.23. The van der Waals surface area contributed by atoms with Gasteiger partial charge >= 0.3 is 6.09 Å². The van der Waals surface area contributed by atoms with Gasteiger partial charge in [0.2, 0.25) is 19.2 Å². The summed E-state index contributed by atoms with van der Waals surface area (Å²) in [6.45, 7) is 13.2. The second-order valence-corrected chi connectivity index (χ2v) is 21.5. The van der Waals surface area contributed by atoms with Crippen molar-refractivity contribution in [1.29, 1.82) is 0 Å². The molecular formula is C45H56N7O10PS. The van der Waals surface area contributed by atoms with Crippen LogP contribution in [-0.2, 0) is 25.1 Å². The summed E-state index contributed by atoms with van der Waals surface area (Å²) in [6.07, 6.45) is 2.44. The van der Waals surface area contributed by atoms with Gasteiger partial charge in [-0.15, -0.1) is 17.9 Å².